The molecule has 4 heterocycles. The van der Waals surface area contributed by atoms with Gasteiger partial charge >= 0.3 is 0 Å². The van der Waals surface area contributed by atoms with E-state index in [2.05, 4.69) is 40.5 Å². The number of piperidine rings is 1. The fourth-order valence-corrected chi connectivity index (χ4v) is 6.15. The van der Waals surface area contributed by atoms with Crippen LogP contribution in [0.5, 0.6) is 0 Å². The summed E-state index contributed by atoms with van der Waals surface area (Å²) >= 11 is 0. The maximum Gasteiger partial charge on any atom is 0.246 e. The molecule has 2 aliphatic heterocycles. The number of carbonyl (C=O) groups is 3. The molecule has 1 saturated carbocycles. The van der Waals surface area contributed by atoms with Crippen molar-refractivity contribution >= 4 is 28.6 Å². The van der Waals surface area contributed by atoms with Gasteiger partial charge in [0.1, 0.15) is 18.1 Å². The van der Waals surface area contributed by atoms with Crippen molar-refractivity contribution < 1.29 is 19.1 Å². The van der Waals surface area contributed by atoms with E-state index < -0.39 is 23.5 Å². The summed E-state index contributed by atoms with van der Waals surface area (Å²) in [5.74, 6) is -0.546. The smallest absolute Gasteiger partial charge is 0.246 e. The lowest BCUT2D eigenvalue weighted by Crippen LogP contribution is -2.59. The van der Waals surface area contributed by atoms with Crippen LogP contribution >= 0.6 is 0 Å². The van der Waals surface area contributed by atoms with Gasteiger partial charge in [-0.3, -0.25) is 24.4 Å². The molecule has 10 nitrogen and oxygen atoms in total. The molecule has 3 fully saturated rings. The Morgan fingerprint density at radius 1 is 1.23 bits per heavy atom. The zero-order chi connectivity index (χ0) is 28.1. The standard InChI is InChI=1S/C29H36N6O4/c1-28(2,3)25(34-21(36)9-16-14-39-15-16)27(38)35-13-19-22(29(19,4)5)24(35)26(37)33-20(10-30)18-12-31-11-17-7-6-8-32-23(17)18/h6-8,11-12,16,19-20,22,24-25H,9,13-15H2,1-5H3,(H,33,37)(H,34,36)/t19-,20?,22-,24-,25?/m0/s1. The van der Waals surface area contributed by atoms with Crippen molar-refractivity contribution in [2.24, 2.45) is 28.6 Å². The Balaban J connectivity index is 1.38. The van der Waals surface area contributed by atoms with Gasteiger partial charge in [-0.2, -0.15) is 5.26 Å². The fraction of sp³-hybridized carbons (Fsp3) is 0.586. The minimum absolute atomic E-state index is 0.0343. The van der Waals surface area contributed by atoms with Crippen molar-refractivity contribution in [2.75, 3.05) is 19.8 Å². The van der Waals surface area contributed by atoms with Crippen LogP contribution in [0.15, 0.2) is 30.7 Å². The summed E-state index contributed by atoms with van der Waals surface area (Å²) in [5.41, 5.74) is 0.428. The Morgan fingerprint density at radius 2 is 1.97 bits per heavy atom. The highest BCUT2D eigenvalue weighted by molar-refractivity contribution is 5.94. The maximum absolute atomic E-state index is 14.0. The van der Waals surface area contributed by atoms with Crippen molar-refractivity contribution in [2.45, 2.75) is 59.2 Å². The first-order valence-electron chi connectivity index (χ1n) is 13.5. The molecule has 0 aromatic carbocycles. The van der Waals surface area contributed by atoms with Gasteiger partial charge in [-0.15, -0.1) is 0 Å². The number of nitrogens with one attached hydrogen (secondary N) is 2. The average molecular weight is 533 g/mol. The third kappa shape index (κ3) is 4.96. The van der Waals surface area contributed by atoms with E-state index >= 15 is 0 Å². The third-order valence-corrected chi connectivity index (χ3v) is 8.63. The van der Waals surface area contributed by atoms with Crippen LogP contribution in [0.1, 0.15) is 52.6 Å². The minimum atomic E-state index is -0.982. The molecule has 5 rings (SSSR count). The van der Waals surface area contributed by atoms with Gasteiger partial charge in [-0.25, -0.2) is 0 Å². The summed E-state index contributed by atoms with van der Waals surface area (Å²) in [6.45, 7) is 11.5. The van der Waals surface area contributed by atoms with E-state index in [1.165, 1.54) is 0 Å². The fourth-order valence-electron chi connectivity index (χ4n) is 6.15. The first-order chi connectivity index (χ1) is 18.4. The lowest BCUT2D eigenvalue weighted by Gasteiger charge is -2.38. The number of ether oxygens (including phenoxy) is 1. The molecule has 206 valence electrons. The molecule has 3 aliphatic rings. The number of hydrogen-bond acceptors (Lipinski definition) is 7. The molecule has 0 bridgehead atoms. The highest BCUT2D eigenvalue weighted by atomic mass is 16.5. The highest BCUT2D eigenvalue weighted by Gasteiger charge is 2.69. The summed E-state index contributed by atoms with van der Waals surface area (Å²) in [6, 6.07) is 3.30. The molecular formula is C29H36N6O4. The van der Waals surface area contributed by atoms with Crippen LogP contribution in [0.2, 0.25) is 0 Å². The number of likely N-dealkylation sites (tertiary alicyclic amines) is 1. The van der Waals surface area contributed by atoms with Crippen LogP contribution in [0.4, 0.5) is 0 Å². The van der Waals surface area contributed by atoms with Crippen LogP contribution in [-0.2, 0) is 19.1 Å². The predicted molar refractivity (Wildman–Crippen MR) is 143 cm³/mol. The number of hydrogen-bond donors (Lipinski definition) is 2. The van der Waals surface area contributed by atoms with Gasteiger partial charge in [0.2, 0.25) is 17.7 Å². The number of rotatable bonds is 7. The van der Waals surface area contributed by atoms with E-state index in [9.17, 15) is 19.6 Å². The van der Waals surface area contributed by atoms with Crippen LogP contribution in [0.25, 0.3) is 10.9 Å². The van der Waals surface area contributed by atoms with Gasteiger partial charge < -0.3 is 20.3 Å². The molecule has 2 aromatic heterocycles. The van der Waals surface area contributed by atoms with Gasteiger partial charge in [0.15, 0.2) is 0 Å². The molecule has 10 heteroatoms. The van der Waals surface area contributed by atoms with Gasteiger partial charge in [0, 0.05) is 48.4 Å². The maximum atomic E-state index is 14.0. The van der Waals surface area contributed by atoms with Crippen molar-refractivity contribution in [1.82, 2.24) is 25.5 Å². The number of aromatic nitrogens is 2. The largest absolute Gasteiger partial charge is 0.381 e. The highest BCUT2D eigenvalue weighted by Crippen LogP contribution is 2.65. The van der Waals surface area contributed by atoms with Crippen molar-refractivity contribution in [1.29, 1.82) is 5.26 Å². The topological polar surface area (TPSA) is 137 Å². The summed E-state index contributed by atoms with van der Waals surface area (Å²) in [4.78, 5) is 50.9. The van der Waals surface area contributed by atoms with Gasteiger partial charge in [-0.1, -0.05) is 34.6 Å². The van der Waals surface area contributed by atoms with Gasteiger partial charge in [0.25, 0.3) is 0 Å². The van der Waals surface area contributed by atoms with Crippen LogP contribution in [-0.4, -0.2) is 64.4 Å². The van der Waals surface area contributed by atoms with Crippen molar-refractivity contribution in [3.05, 3.63) is 36.3 Å². The quantitative estimate of drug-likeness (QED) is 0.558. The Kier molecular flexibility index (Phi) is 6.83. The summed E-state index contributed by atoms with van der Waals surface area (Å²) in [5, 5.41) is 16.6. The molecule has 0 radical (unpaired) electrons. The zero-order valence-electron chi connectivity index (χ0n) is 23.1. The summed E-state index contributed by atoms with van der Waals surface area (Å²) < 4.78 is 5.18. The lowest BCUT2D eigenvalue weighted by molar-refractivity contribution is -0.146. The molecule has 39 heavy (non-hydrogen) atoms. The zero-order valence-corrected chi connectivity index (χ0v) is 23.1. The van der Waals surface area contributed by atoms with Crippen LogP contribution in [0, 0.1) is 39.9 Å². The Bertz CT molecular complexity index is 1340. The molecule has 3 amide bonds. The lowest BCUT2D eigenvalue weighted by atomic mass is 9.84. The molecule has 5 atom stereocenters. The number of pyridine rings is 2. The molecule has 2 saturated heterocycles. The van der Waals surface area contributed by atoms with E-state index in [0.717, 1.165) is 5.39 Å². The second-order valence-electron chi connectivity index (χ2n) is 12.7. The van der Waals surface area contributed by atoms with Crippen molar-refractivity contribution in [3.8, 4) is 6.07 Å². The monoisotopic (exact) mass is 532 g/mol. The van der Waals surface area contributed by atoms with E-state index in [-0.39, 0.29) is 40.9 Å². The second kappa shape index (κ2) is 9.87. The predicted octanol–water partition coefficient (Wildman–Crippen LogP) is 2.36. The molecule has 2 unspecified atom stereocenters. The SMILES string of the molecule is CC(C)(C)C(NC(=O)CC1COC1)C(=O)N1C[C@H]2[C@@H]([C@H]1C(=O)NC(C#N)c1cncc3cccnc13)C2(C)C. The number of amides is 3. The van der Waals surface area contributed by atoms with E-state index in [4.69, 9.17) is 4.74 Å². The third-order valence-electron chi connectivity index (χ3n) is 8.63. The van der Waals surface area contributed by atoms with Crippen LogP contribution < -0.4 is 10.6 Å². The normalized spacial score (nSPS) is 25.1. The molecule has 0 spiro atoms. The number of nitriles is 1. The average Bonchev–Trinajstić information content (AvgIpc) is 3.19. The molecular weight excluding hydrogens is 496 g/mol. The van der Waals surface area contributed by atoms with Crippen molar-refractivity contribution in [3.63, 3.8) is 0 Å². The number of fused-ring (bicyclic) bond motifs is 2. The minimum Gasteiger partial charge on any atom is -0.381 e. The first kappa shape index (κ1) is 27.0. The molecule has 2 aromatic rings. The van der Waals surface area contributed by atoms with E-state index in [0.29, 0.717) is 37.3 Å². The Labute approximate surface area is 228 Å². The van der Waals surface area contributed by atoms with Crippen LogP contribution in [0.3, 0.4) is 0 Å². The van der Waals surface area contributed by atoms with Gasteiger partial charge in [-0.05, 0) is 34.8 Å². The second-order valence-corrected chi connectivity index (χ2v) is 12.7. The number of carbonyl (C=O) groups excluding carboxylic acids is 3. The van der Waals surface area contributed by atoms with E-state index in [1.807, 2.05) is 26.8 Å². The molecule has 2 N–H and O–H groups in total. The summed E-state index contributed by atoms with van der Waals surface area (Å²) in [6.07, 6.45) is 5.15. The van der Waals surface area contributed by atoms with E-state index in [1.54, 1.807) is 29.6 Å². The summed E-state index contributed by atoms with van der Waals surface area (Å²) in [7, 11) is 0. The molecule has 1 aliphatic carbocycles. The van der Waals surface area contributed by atoms with Gasteiger partial charge in [0.05, 0.1) is 24.8 Å². The first-order valence-corrected chi connectivity index (χ1v) is 13.5. The number of nitrogens with zero attached hydrogens (tertiary/aromatic N) is 4. The Morgan fingerprint density at radius 3 is 2.62 bits per heavy atom. The Hall–Kier alpha value is -3.58.